The first-order valence-corrected chi connectivity index (χ1v) is 8.07. The Labute approximate surface area is 142 Å². The molecule has 3 N–H and O–H groups in total. The second-order valence-electron chi connectivity index (χ2n) is 5.36. The van der Waals surface area contributed by atoms with Crippen LogP contribution in [0.25, 0.3) is 0 Å². The Morgan fingerprint density at radius 1 is 1.09 bits per heavy atom. The molecule has 0 saturated heterocycles. The first kappa shape index (κ1) is 17.5. The molecule has 2 aromatic rings. The largest absolute Gasteiger partial charge is 0.329 e. The van der Waals surface area contributed by atoms with E-state index in [1.807, 2.05) is 30.3 Å². The highest BCUT2D eigenvalue weighted by Crippen LogP contribution is 2.15. The molecule has 0 atom stereocenters. The Kier molecular flexibility index (Phi) is 7.07. The molecule has 5 heteroatoms. The van der Waals surface area contributed by atoms with Gasteiger partial charge in [0.05, 0.1) is 0 Å². The lowest BCUT2D eigenvalue weighted by Gasteiger charge is -2.21. The molecule has 0 aromatic heterocycles. The molecule has 0 aliphatic heterocycles. The van der Waals surface area contributed by atoms with Crippen molar-refractivity contribution < 1.29 is 4.79 Å². The maximum atomic E-state index is 12.1. The van der Waals surface area contributed by atoms with Crippen LogP contribution >= 0.6 is 11.6 Å². The van der Waals surface area contributed by atoms with Crippen molar-refractivity contribution in [3.05, 3.63) is 65.2 Å². The molecule has 0 bridgehead atoms. The number of amides is 1. The van der Waals surface area contributed by atoms with Gasteiger partial charge in [0, 0.05) is 43.3 Å². The van der Waals surface area contributed by atoms with Gasteiger partial charge in [-0.15, -0.1) is 0 Å². The molecule has 0 spiro atoms. The molecule has 0 heterocycles. The summed E-state index contributed by atoms with van der Waals surface area (Å²) >= 11 is 5.91. The van der Waals surface area contributed by atoms with Crippen molar-refractivity contribution in [1.82, 2.24) is 4.90 Å². The normalized spacial score (nSPS) is 10.7. The van der Waals surface area contributed by atoms with E-state index in [2.05, 4.69) is 22.3 Å². The SMILES string of the molecule is NCCN(CCC(=O)Nc1cccc(Cl)c1)Cc1ccccc1. The Morgan fingerprint density at radius 2 is 1.87 bits per heavy atom. The number of rotatable bonds is 8. The van der Waals surface area contributed by atoms with Gasteiger partial charge in [0.1, 0.15) is 0 Å². The van der Waals surface area contributed by atoms with E-state index in [0.717, 1.165) is 18.8 Å². The van der Waals surface area contributed by atoms with Gasteiger partial charge in [0.2, 0.25) is 5.91 Å². The van der Waals surface area contributed by atoms with Crippen LogP contribution in [-0.2, 0) is 11.3 Å². The number of nitrogens with zero attached hydrogens (tertiary/aromatic N) is 1. The number of carbonyl (C=O) groups is 1. The summed E-state index contributed by atoms with van der Waals surface area (Å²) < 4.78 is 0. The van der Waals surface area contributed by atoms with Crippen molar-refractivity contribution in [1.29, 1.82) is 0 Å². The van der Waals surface area contributed by atoms with Crippen LogP contribution in [0.5, 0.6) is 0 Å². The third-order valence-corrected chi connectivity index (χ3v) is 3.69. The topological polar surface area (TPSA) is 58.4 Å². The number of benzene rings is 2. The number of hydrogen-bond donors (Lipinski definition) is 2. The Bertz CT molecular complexity index is 619. The first-order valence-electron chi connectivity index (χ1n) is 7.69. The van der Waals surface area contributed by atoms with E-state index in [1.165, 1.54) is 5.56 Å². The van der Waals surface area contributed by atoms with Gasteiger partial charge in [0.15, 0.2) is 0 Å². The molecule has 4 nitrogen and oxygen atoms in total. The van der Waals surface area contributed by atoms with Gasteiger partial charge in [0.25, 0.3) is 0 Å². The summed E-state index contributed by atoms with van der Waals surface area (Å²) in [5.74, 6) is -0.0256. The minimum atomic E-state index is -0.0256. The number of nitrogens with one attached hydrogen (secondary N) is 1. The maximum Gasteiger partial charge on any atom is 0.225 e. The monoisotopic (exact) mass is 331 g/mol. The van der Waals surface area contributed by atoms with Gasteiger partial charge in [-0.1, -0.05) is 48.0 Å². The van der Waals surface area contributed by atoms with Crippen molar-refractivity contribution in [2.75, 3.05) is 25.0 Å². The quantitative estimate of drug-likeness (QED) is 0.781. The molecule has 1 amide bonds. The molecular weight excluding hydrogens is 310 g/mol. The van der Waals surface area contributed by atoms with E-state index < -0.39 is 0 Å². The summed E-state index contributed by atoms with van der Waals surface area (Å²) in [5.41, 5.74) is 7.61. The lowest BCUT2D eigenvalue weighted by atomic mass is 10.2. The van der Waals surface area contributed by atoms with E-state index in [9.17, 15) is 4.79 Å². The van der Waals surface area contributed by atoms with E-state index in [4.69, 9.17) is 17.3 Å². The van der Waals surface area contributed by atoms with E-state index in [1.54, 1.807) is 12.1 Å². The van der Waals surface area contributed by atoms with Crippen LogP contribution in [0.4, 0.5) is 5.69 Å². The number of anilines is 1. The van der Waals surface area contributed by atoms with E-state index >= 15 is 0 Å². The van der Waals surface area contributed by atoms with E-state index in [-0.39, 0.29) is 5.91 Å². The maximum absolute atomic E-state index is 12.1. The molecule has 0 aliphatic carbocycles. The lowest BCUT2D eigenvalue weighted by molar-refractivity contribution is -0.116. The van der Waals surface area contributed by atoms with Crippen LogP contribution in [-0.4, -0.2) is 30.4 Å². The average molecular weight is 332 g/mol. The fourth-order valence-corrected chi connectivity index (χ4v) is 2.53. The Morgan fingerprint density at radius 3 is 2.57 bits per heavy atom. The fourth-order valence-electron chi connectivity index (χ4n) is 2.34. The highest BCUT2D eigenvalue weighted by atomic mass is 35.5. The molecule has 0 radical (unpaired) electrons. The lowest BCUT2D eigenvalue weighted by Crippen LogP contribution is -2.32. The highest BCUT2D eigenvalue weighted by Gasteiger charge is 2.09. The fraction of sp³-hybridized carbons (Fsp3) is 0.278. The molecule has 2 rings (SSSR count). The summed E-state index contributed by atoms with van der Waals surface area (Å²) in [6.07, 6.45) is 0.416. The zero-order chi connectivity index (χ0) is 16.5. The standard InChI is InChI=1S/C18H22ClN3O/c19-16-7-4-8-17(13-16)21-18(23)9-11-22(12-10-20)14-15-5-2-1-3-6-15/h1-8,13H,9-12,14,20H2,(H,21,23). The second-order valence-corrected chi connectivity index (χ2v) is 5.80. The van der Waals surface area contributed by atoms with Crippen LogP contribution in [0, 0.1) is 0 Å². The zero-order valence-corrected chi connectivity index (χ0v) is 13.8. The predicted molar refractivity (Wildman–Crippen MR) is 95.5 cm³/mol. The highest BCUT2D eigenvalue weighted by molar-refractivity contribution is 6.30. The number of nitrogens with two attached hydrogens (primary N) is 1. The molecular formula is C18H22ClN3O. The smallest absolute Gasteiger partial charge is 0.225 e. The zero-order valence-electron chi connectivity index (χ0n) is 13.0. The van der Waals surface area contributed by atoms with Crippen molar-refractivity contribution in [3.8, 4) is 0 Å². The van der Waals surface area contributed by atoms with Crippen LogP contribution in [0.2, 0.25) is 5.02 Å². The van der Waals surface area contributed by atoms with Crippen molar-refractivity contribution >= 4 is 23.2 Å². The van der Waals surface area contributed by atoms with Gasteiger partial charge in [-0.25, -0.2) is 0 Å². The summed E-state index contributed by atoms with van der Waals surface area (Å²) in [6.45, 7) is 2.79. The van der Waals surface area contributed by atoms with Crippen LogP contribution in [0.3, 0.4) is 0 Å². The van der Waals surface area contributed by atoms with Crippen molar-refractivity contribution in [2.24, 2.45) is 5.73 Å². The average Bonchev–Trinajstić information content (AvgIpc) is 2.54. The summed E-state index contributed by atoms with van der Waals surface area (Å²) in [4.78, 5) is 14.3. The Hall–Kier alpha value is -1.88. The van der Waals surface area contributed by atoms with Gasteiger partial charge in [-0.05, 0) is 23.8 Å². The molecule has 23 heavy (non-hydrogen) atoms. The van der Waals surface area contributed by atoms with Crippen LogP contribution < -0.4 is 11.1 Å². The first-order chi connectivity index (χ1) is 11.2. The minimum absolute atomic E-state index is 0.0256. The minimum Gasteiger partial charge on any atom is -0.329 e. The van der Waals surface area contributed by atoms with Gasteiger partial charge in [-0.2, -0.15) is 0 Å². The van der Waals surface area contributed by atoms with Gasteiger partial charge < -0.3 is 11.1 Å². The number of halogens is 1. The van der Waals surface area contributed by atoms with Crippen molar-refractivity contribution in [2.45, 2.75) is 13.0 Å². The van der Waals surface area contributed by atoms with Gasteiger partial charge in [-0.3, -0.25) is 9.69 Å². The summed E-state index contributed by atoms with van der Waals surface area (Å²) in [6, 6.07) is 17.3. The molecule has 0 unspecified atom stereocenters. The molecule has 0 saturated carbocycles. The van der Waals surface area contributed by atoms with E-state index in [0.29, 0.717) is 24.5 Å². The third-order valence-electron chi connectivity index (χ3n) is 3.46. The van der Waals surface area contributed by atoms with Crippen LogP contribution in [0.15, 0.2) is 54.6 Å². The molecule has 0 fully saturated rings. The predicted octanol–water partition coefficient (Wildman–Crippen LogP) is 3.13. The van der Waals surface area contributed by atoms with Gasteiger partial charge >= 0.3 is 0 Å². The Balaban J connectivity index is 1.84. The number of carbonyl (C=O) groups excluding carboxylic acids is 1. The van der Waals surface area contributed by atoms with Crippen molar-refractivity contribution in [3.63, 3.8) is 0 Å². The number of hydrogen-bond acceptors (Lipinski definition) is 3. The second kappa shape index (κ2) is 9.30. The third kappa shape index (κ3) is 6.40. The van der Waals surface area contributed by atoms with Crippen LogP contribution in [0.1, 0.15) is 12.0 Å². The molecule has 122 valence electrons. The summed E-state index contributed by atoms with van der Waals surface area (Å²) in [7, 11) is 0. The summed E-state index contributed by atoms with van der Waals surface area (Å²) in [5, 5.41) is 3.47. The molecule has 0 aliphatic rings. The molecule has 2 aromatic carbocycles.